The monoisotopic (exact) mass is 259 g/mol. The Morgan fingerprint density at radius 1 is 1.47 bits per heavy atom. The number of nitro groups is 1. The number of rotatable bonds is 5. The van der Waals surface area contributed by atoms with Gasteiger partial charge in [0.2, 0.25) is 10.0 Å². The van der Waals surface area contributed by atoms with Crippen LogP contribution in [0.15, 0.2) is 23.1 Å². The lowest BCUT2D eigenvalue weighted by atomic mass is 10.3. The number of benzene rings is 1. The summed E-state index contributed by atoms with van der Waals surface area (Å²) in [6, 6.07) is 3.52. The van der Waals surface area contributed by atoms with Gasteiger partial charge in [0.15, 0.2) is 0 Å². The summed E-state index contributed by atoms with van der Waals surface area (Å²) >= 11 is 0. The molecule has 0 saturated heterocycles. The van der Waals surface area contributed by atoms with Crippen molar-refractivity contribution in [1.82, 2.24) is 0 Å². The maximum absolute atomic E-state index is 11.3. The smallest absolute Gasteiger partial charge is 0.270 e. The molecule has 0 aromatic heterocycles. The number of nitrogens with zero attached hydrogens (tertiary/aromatic N) is 1. The number of non-ortho nitro benzene ring substituents is 1. The summed E-state index contributed by atoms with van der Waals surface area (Å²) in [6.45, 7) is 2.47. The van der Waals surface area contributed by atoms with Gasteiger partial charge in [-0.05, 0) is 12.5 Å². The van der Waals surface area contributed by atoms with Crippen molar-refractivity contribution >= 4 is 21.4 Å². The third-order valence-electron chi connectivity index (χ3n) is 2.05. The molecule has 7 nitrogen and oxygen atoms in total. The van der Waals surface area contributed by atoms with Crippen LogP contribution in [-0.2, 0) is 10.0 Å². The average molecular weight is 259 g/mol. The molecular formula is C9H13N3O4S. The molecule has 0 unspecified atom stereocenters. The topological polar surface area (TPSA) is 115 Å². The summed E-state index contributed by atoms with van der Waals surface area (Å²) in [4.78, 5) is 9.62. The largest absolute Gasteiger partial charge is 0.384 e. The first-order valence-electron chi connectivity index (χ1n) is 4.91. The van der Waals surface area contributed by atoms with Crippen molar-refractivity contribution in [3.63, 3.8) is 0 Å². The Morgan fingerprint density at radius 3 is 2.59 bits per heavy atom. The zero-order valence-corrected chi connectivity index (χ0v) is 10.0. The predicted octanol–water partition coefficient (Wildman–Crippen LogP) is 1.06. The van der Waals surface area contributed by atoms with Crippen LogP contribution in [0.3, 0.4) is 0 Å². The van der Waals surface area contributed by atoms with Crippen molar-refractivity contribution in [2.45, 2.75) is 18.2 Å². The van der Waals surface area contributed by atoms with E-state index >= 15 is 0 Å². The minimum Gasteiger partial charge on any atom is -0.384 e. The number of nitrogens with one attached hydrogen (secondary N) is 1. The molecule has 0 heterocycles. The lowest BCUT2D eigenvalue weighted by Gasteiger charge is -2.09. The van der Waals surface area contributed by atoms with Crippen LogP contribution in [0.1, 0.15) is 13.3 Å². The van der Waals surface area contributed by atoms with Crippen molar-refractivity contribution < 1.29 is 13.3 Å². The molecule has 3 N–H and O–H groups in total. The van der Waals surface area contributed by atoms with E-state index in [9.17, 15) is 18.5 Å². The Hall–Kier alpha value is -1.67. The molecule has 0 atom stereocenters. The van der Waals surface area contributed by atoms with E-state index in [1.54, 1.807) is 0 Å². The summed E-state index contributed by atoms with van der Waals surface area (Å²) in [7, 11) is -3.99. The van der Waals surface area contributed by atoms with Crippen LogP contribution in [-0.4, -0.2) is 19.9 Å². The molecule has 94 valence electrons. The molecule has 0 spiro atoms. The first-order valence-corrected chi connectivity index (χ1v) is 6.46. The second-order valence-corrected chi connectivity index (χ2v) is 4.94. The number of hydrogen-bond acceptors (Lipinski definition) is 5. The van der Waals surface area contributed by atoms with E-state index in [2.05, 4.69) is 5.32 Å². The standard InChI is InChI=1S/C9H13N3O4S/c1-2-5-11-8-4-3-7(12(13)14)6-9(8)17(10,15)16/h3-4,6,11H,2,5H2,1H3,(H2,10,15,16). The van der Waals surface area contributed by atoms with E-state index in [4.69, 9.17) is 5.14 Å². The highest BCUT2D eigenvalue weighted by Crippen LogP contribution is 2.25. The molecular weight excluding hydrogens is 246 g/mol. The Kier molecular flexibility index (Phi) is 4.02. The predicted molar refractivity (Wildman–Crippen MR) is 63.3 cm³/mol. The van der Waals surface area contributed by atoms with Crippen molar-refractivity contribution in [3.05, 3.63) is 28.3 Å². The lowest BCUT2D eigenvalue weighted by Crippen LogP contribution is -2.15. The van der Waals surface area contributed by atoms with Crippen LogP contribution < -0.4 is 10.5 Å². The van der Waals surface area contributed by atoms with Gasteiger partial charge in [-0.25, -0.2) is 13.6 Å². The molecule has 8 heteroatoms. The first-order chi connectivity index (χ1) is 7.86. The molecule has 0 aliphatic heterocycles. The summed E-state index contributed by atoms with van der Waals surface area (Å²) in [5.74, 6) is 0. The van der Waals surface area contributed by atoms with Gasteiger partial charge >= 0.3 is 0 Å². The molecule has 0 aliphatic carbocycles. The van der Waals surface area contributed by atoms with E-state index in [1.807, 2.05) is 6.92 Å². The maximum Gasteiger partial charge on any atom is 0.270 e. The molecule has 0 saturated carbocycles. The number of sulfonamides is 1. The summed E-state index contributed by atoms with van der Waals surface area (Å²) in [6.07, 6.45) is 0.793. The van der Waals surface area contributed by atoms with Crippen LogP contribution >= 0.6 is 0 Å². The SMILES string of the molecule is CCCNc1ccc([N+](=O)[O-])cc1S(N)(=O)=O. The minimum atomic E-state index is -3.99. The van der Waals surface area contributed by atoms with Gasteiger partial charge in [0.1, 0.15) is 4.90 Å². The fourth-order valence-electron chi connectivity index (χ4n) is 1.27. The van der Waals surface area contributed by atoms with Gasteiger partial charge in [-0.3, -0.25) is 10.1 Å². The van der Waals surface area contributed by atoms with Gasteiger partial charge in [0.05, 0.1) is 10.6 Å². The van der Waals surface area contributed by atoms with E-state index < -0.39 is 14.9 Å². The Balaban J connectivity index is 3.27. The highest BCUT2D eigenvalue weighted by atomic mass is 32.2. The Morgan fingerprint density at radius 2 is 2.12 bits per heavy atom. The van der Waals surface area contributed by atoms with Gasteiger partial charge < -0.3 is 5.32 Å². The minimum absolute atomic E-state index is 0.264. The molecule has 1 aromatic rings. The van der Waals surface area contributed by atoms with Crippen molar-refractivity contribution in [2.24, 2.45) is 5.14 Å². The van der Waals surface area contributed by atoms with Gasteiger partial charge in [-0.15, -0.1) is 0 Å². The second kappa shape index (κ2) is 5.11. The van der Waals surface area contributed by atoms with Gasteiger partial charge in [-0.2, -0.15) is 0 Å². The molecule has 0 bridgehead atoms. The van der Waals surface area contributed by atoms with E-state index in [0.29, 0.717) is 6.54 Å². The fraction of sp³-hybridized carbons (Fsp3) is 0.333. The van der Waals surface area contributed by atoms with E-state index in [-0.39, 0.29) is 16.3 Å². The maximum atomic E-state index is 11.3. The normalized spacial score (nSPS) is 11.2. The number of anilines is 1. The van der Waals surface area contributed by atoms with Gasteiger partial charge in [-0.1, -0.05) is 6.92 Å². The van der Waals surface area contributed by atoms with Gasteiger partial charge in [0.25, 0.3) is 5.69 Å². The number of hydrogen-bond donors (Lipinski definition) is 2. The average Bonchev–Trinajstić information content (AvgIpc) is 2.24. The van der Waals surface area contributed by atoms with Gasteiger partial charge in [0, 0.05) is 18.7 Å². The molecule has 1 rings (SSSR count). The molecule has 17 heavy (non-hydrogen) atoms. The summed E-state index contributed by atoms with van der Waals surface area (Å²) in [5.41, 5.74) is -0.0315. The molecule has 0 aliphatic rings. The van der Waals surface area contributed by atoms with E-state index in [1.165, 1.54) is 12.1 Å². The van der Waals surface area contributed by atoms with Crippen molar-refractivity contribution in [1.29, 1.82) is 0 Å². The number of nitro benzene ring substituents is 1. The summed E-state index contributed by atoms with van der Waals surface area (Å²) < 4.78 is 22.6. The van der Waals surface area contributed by atoms with Crippen molar-refractivity contribution in [3.8, 4) is 0 Å². The number of primary sulfonamides is 1. The first kappa shape index (κ1) is 13.4. The highest BCUT2D eigenvalue weighted by Gasteiger charge is 2.18. The zero-order valence-electron chi connectivity index (χ0n) is 9.21. The molecule has 0 fully saturated rings. The van der Waals surface area contributed by atoms with Crippen LogP contribution in [0, 0.1) is 10.1 Å². The van der Waals surface area contributed by atoms with E-state index in [0.717, 1.165) is 12.5 Å². The molecule has 1 aromatic carbocycles. The highest BCUT2D eigenvalue weighted by molar-refractivity contribution is 7.89. The van der Waals surface area contributed by atoms with Crippen LogP contribution in [0.25, 0.3) is 0 Å². The third-order valence-corrected chi connectivity index (χ3v) is 3.00. The van der Waals surface area contributed by atoms with Crippen LogP contribution in [0.5, 0.6) is 0 Å². The quantitative estimate of drug-likeness (QED) is 0.606. The number of nitrogens with two attached hydrogens (primary N) is 1. The Bertz CT molecular complexity index is 527. The second-order valence-electron chi connectivity index (χ2n) is 3.41. The lowest BCUT2D eigenvalue weighted by molar-refractivity contribution is -0.385. The van der Waals surface area contributed by atoms with Crippen molar-refractivity contribution in [2.75, 3.05) is 11.9 Å². The zero-order chi connectivity index (χ0) is 13.1. The van der Waals surface area contributed by atoms with Crippen LogP contribution in [0.4, 0.5) is 11.4 Å². The molecule has 0 radical (unpaired) electrons. The fourth-order valence-corrected chi connectivity index (χ4v) is 2.00. The third kappa shape index (κ3) is 3.40. The molecule has 0 amide bonds. The van der Waals surface area contributed by atoms with Crippen LogP contribution in [0.2, 0.25) is 0 Å². The summed E-state index contributed by atoms with van der Waals surface area (Å²) in [5, 5.41) is 18.4. The Labute approximate surface area is 98.8 Å².